The van der Waals surface area contributed by atoms with Gasteiger partial charge in [-0.2, -0.15) is 0 Å². The van der Waals surface area contributed by atoms with Crippen LogP contribution in [0.25, 0.3) is 0 Å². The Kier molecular flexibility index (Phi) is 3.87. The minimum absolute atomic E-state index is 0.540. The average Bonchev–Trinajstić information content (AvgIpc) is 2.49. The predicted molar refractivity (Wildman–Crippen MR) is 82.7 cm³/mol. The van der Waals surface area contributed by atoms with Gasteiger partial charge in [0.2, 0.25) is 5.88 Å². The molecule has 0 spiro atoms. The summed E-state index contributed by atoms with van der Waals surface area (Å²) in [5.41, 5.74) is 0.661. The van der Waals surface area contributed by atoms with Gasteiger partial charge in [0.15, 0.2) is 0 Å². The molecule has 4 heteroatoms. The molecule has 0 N–H and O–H groups in total. The highest BCUT2D eigenvalue weighted by Gasteiger charge is 2.02. The Bertz CT molecular complexity index is 732. The van der Waals surface area contributed by atoms with Crippen molar-refractivity contribution in [2.24, 2.45) is 0 Å². The topological polar surface area (TPSA) is 31.4 Å². The monoisotopic (exact) mass is 273 g/mol. The third kappa shape index (κ3) is 3.63. The van der Waals surface area contributed by atoms with E-state index in [0.717, 1.165) is 0 Å². The Balaban J connectivity index is 1.77. The van der Waals surface area contributed by atoms with E-state index in [1.165, 1.54) is 0 Å². The van der Waals surface area contributed by atoms with Crippen LogP contribution in [0.5, 0.6) is 23.1 Å². The Hall–Kier alpha value is -2.75. The fourth-order valence-electron chi connectivity index (χ4n) is 1.84. The summed E-state index contributed by atoms with van der Waals surface area (Å²) in [6, 6.07) is 20.2. The van der Waals surface area contributed by atoms with Gasteiger partial charge in [-0.25, -0.2) is 4.98 Å². The van der Waals surface area contributed by atoms with Crippen LogP contribution in [0.15, 0.2) is 72.9 Å². The van der Waals surface area contributed by atoms with Crippen molar-refractivity contribution in [1.82, 2.24) is 4.98 Å². The van der Waals surface area contributed by atoms with Gasteiger partial charge < -0.3 is 9.47 Å². The molecular formula is C17H12BNO2. The van der Waals surface area contributed by atoms with Crippen molar-refractivity contribution < 1.29 is 9.47 Å². The SMILES string of the molecule is [B]c1cccc(Oc2cccc(Oc3ccccn3)c2)c1. The van der Waals surface area contributed by atoms with E-state index in [2.05, 4.69) is 4.98 Å². The lowest BCUT2D eigenvalue weighted by atomic mass is 9.96. The fourth-order valence-corrected chi connectivity index (χ4v) is 1.84. The molecule has 0 amide bonds. The predicted octanol–water partition coefficient (Wildman–Crippen LogP) is 3.46. The second kappa shape index (κ2) is 6.14. The Labute approximate surface area is 124 Å². The van der Waals surface area contributed by atoms with Gasteiger partial charge in [0.05, 0.1) is 0 Å². The molecule has 2 aromatic carbocycles. The number of aromatic nitrogens is 1. The maximum absolute atomic E-state index is 5.76. The largest absolute Gasteiger partial charge is 0.457 e. The molecule has 3 rings (SSSR count). The van der Waals surface area contributed by atoms with Crippen molar-refractivity contribution in [3.05, 3.63) is 72.9 Å². The van der Waals surface area contributed by atoms with Crippen molar-refractivity contribution >= 4 is 13.3 Å². The molecular weight excluding hydrogens is 261 g/mol. The summed E-state index contributed by atoms with van der Waals surface area (Å²) in [5.74, 6) is 2.56. The lowest BCUT2D eigenvalue weighted by Crippen LogP contribution is -2.00. The maximum Gasteiger partial charge on any atom is 0.219 e. The quantitative estimate of drug-likeness (QED) is 0.682. The normalized spacial score (nSPS) is 10.1. The zero-order valence-corrected chi connectivity index (χ0v) is 11.3. The molecule has 100 valence electrons. The third-order valence-electron chi connectivity index (χ3n) is 2.76. The summed E-state index contributed by atoms with van der Waals surface area (Å²) >= 11 is 0. The Morgan fingerprint density at radius 3 is 2.14 bits per heavy atom. The first-order valence-corrected chi connectivity index (χ1v) is 6.52. The van der Waals surface area contributed by atoms with Crippen LogP contribution in [0.2, 0.25) is 0 Å². The lowest BCUT2D eigenvalue weighted by Gasteiger charge is -2.09. The van der Waals surface area contributed by atoms with Crippen LogP contribution in [0.1, 0.15) is 0 Å². The molecule has 1 aromatic heterocycles. The first-order valence-electron chi connectivity index (χ1n) is 6.52. The molecule has 1 heterocycles. The lowest BCUT2D eigenvalue weighted by molar-refractivity contribution is 0.449. The van der Waals surface area contributed by atoms with Crippen molar-refractivity contribution in [1.29, 1.82) is 0 Å². The summed E-state index contributed by atoms with van der Waals surface area (Å²) in [6.45, 7) is 0. The first-order chi connectivity index (χ1) is 10.3. The number of pyridine rings is 1. The molecule has 0 aliphatic carbocycles. The Morgan fingerprint density at radius 2 is 1.43 bits per heavy atom. The molecule has 0 fully saturated rings. The summed E-state index contributed by atoms with van der Waals surface area (Å²) in [4.78, 5) is 4.12. The Morgan fingerprint density at radius 1 is 0.714 bits per heavy atom. The number of hydrogen-bond donors (Lipinski definition) is 0. The minimum Gasteiger partial charge on any atom is -0.457 e. The molecule has 21 heavy (non-hydrogen) atoms. The van der Waals surface area contributed by atoms with E-state index in [9.17, 15) is 0 Å². The molecule has 0 saturated carbocycles. The smallest absolute Gasteiger partial charge is 0.219 e. The number of benzene rings is 2. The van der Waals surface area contributed by atoms with Crippen LogP contribution in [-0.4, -0.2) is 12.8 Å². The maximum atomic E-state index is 5.76. The van der Waals surface area contributed by atoms with Gasteiger partial charge in [0.1, 0.15) is 25.1 Å². The third-order valence-corrected chi connectivity index (χ3v) is 2.76. The summed E-state index contributed by atoms with van der Waals surface area (Å²) < 4.78 is 11.4. The highest BCUT2D eigenvalue weighted by molar-refractivity contribution is 6.32. The first kappa shape index (κ1) is 13.2. The highest BCUT2D eigenvalue weighted by Crippen LogP contribution is 2.27. The van der Waals surface area contributed by atoms with Gasteiger partial charge in [-0.1, -0.05) is 29.7 Å². The molecule has 0 aliphatic rings. The molecule has 0 saturated heterocycles. The molecule has 2 radical (unpaired) electrons. The van der Waals surface area contributed by atoms with Crippen molar-refractivity contribution in [3.8, 4) is 23.1 Å². The van der Waals surface area contributed by atoms with Gasteiger partial charge >= 0.3 is 0 Å². The van der Waals surface area contributed by atoms with E-state index in [4.69, 9.17) is 17.3 Å². The zero-order chi connectivity index (χ0) is 14.5. The fraction of sp³-hybridized carbons (Fsp3) is 0. The van der Waals surface area contributed by atoms with E-state index in [0.29, 0.717) is 28.6 Å². The molecule has 3 nitrogen and oxygen atoms in total. The van der Waals surface area contributed by atoms with Crippen LogP contribution in [-0.2, 0) is 0 Å². The van der Waals surface area contributed by atoms with Crippen molar-refractivity contribution in [2.75, 3.05) is 0 Å². The van der Waals surface area contributed by atoms with Gasteiger partial charge in [-0.15, -0.1) is 0 Å². The van der Waals surface area contributed by atoms with Crippen LogP contribution < -0.4 is 14.9 Å². The zero-order valence-electron chi connectivity index (χ0n) is 11.3. The standard InChI is InChI=1S/C17H12BNO2/c18-13-5-3-6-14(11-13)20-15-7-4-8-16(12-15)21-17-9-1-2-10-19-17/h1-12H. The molecule has 3 aromatic rings. The van der Waals surface area contributed by atoms with E-state index in [1.54, 1.807) is 24.4 Å². The molecule has 0 unspecified atom stereocenters. The van der Waals surface area contributed by atoms with E-state index >= 15 is 0 Å². The van der Waals surface area contributed by atoms with Crippen LogP contribution in [0.3, 0.4) is 0 Å². The second-order valence-corrected chi connectivity index (χ2v) is 4.42. The van der Waals surface area contributed by atoms with E-state index in [1.807, 2.05) is 48.5 Å². The van der Waals surface area contributed by atoms with Crippen LogP contribution in [0, 0.1) is 0 Å². The summed E-state index contributed by atoms with van der Waals surface area (Å²) in [6.07, 6.45) is 1.68. The highest BCUT2D eigenvalue weighted by atomic mass is 16.5. The minimum atomic E-state index is 0.540. The summed E-state index contributed by atoms with van der Waals surface area (Å²) in [7, 11) is 5.73. The van der Waals surface area contributed by atoms with Gasteiger partial charge in [-0.05, 0) is 30.3 Å². The number of rotatable bonds is 4. The van der Waals surface area contributed by atoms with E-state index in [-0.39, 0.29) is 0 Å². The molecule has 0 bridgehead atoms. The molecule has 0 atom stereocenters. The van der Waals surface area contributed by atoms with Crippen LogP contribution >= 0.6 is 0 Å². The van der Waals surface area contributed by atoms with Gasteiger partial charge in [-0.3, -0.25) is 0 Å². The second-order valence-electron chi connectivity index (χ2n) is 4.42. The van der Waals surface area contributed by atoms with Gasteiger partial charge in [0, 0.05) is 18.3 Å². The number of nitrogens with zero attached hydrogens (tertiary/aromatic N) is 1. The average molecular weight is 273 g/mol. The van der Waals surface area contributed by atoms with Gasteiger partial charge in [0.25, 0.3) is 0 Å². The number of ether oxygens (including phenoxy) is 2. The van der Waals surface area contributed by atoms with Crippen molar-refractivity contribution in [2.45, 2.75) is 0 Å². The molecule has 0 aliphatic heterocycles. The number of hydrogen-bond acceptors (Lipinski definition) is 3. The van der Waals surface area contributed by atoms with Crippen molar-refractivity contribution in [3.63, 3.8) is 0 Å². The van der Waals surface area contributed by atoms with Crippen LogP contribution in [0.4, 0.5) is 0 Å². The summed E-state index contributed by atoms with van der Waals surface area (Å²) in [5, 5.41) is 0. The van der Waals surface area contributed by atoms with E-state index < -0.39 is 0 Å².